The quantitative estimate of drug-likeness (QED) is 0.637. The molecule has 0 bridgehead atoms. The monoisotopic (exact) mass is 391 g/mol. The molecule has 5 nitrogen and oxygen atoms in total. The average molecular weight is 391 g/mol. The van der Waals surface area contributed by atoms with E-state index in [-0.39, 0.29) is 0 Å². The van der Waals surface area contributed by atoms with Crippen molar-refractivity contribution in [2.24, 2.45) is 0 Å². The van der Waals surface area contributed by atoms with Gasteiger partial charge in [0, 0.05) is 24.3 Å². The van der Waals surface area contributed by atoms with Gasteiger partial charge < -0.3 is 14.4 Å². The maximum absolute atomic E-state index is 9.78. The number of anilines is 1. The van der Waals surface area contributed by atoms with E-state index in [1.165, 1.54) is 5.69 Å². The van der Waals surface area contributed by atoms with E-state index in [1.807, 2.05) is 30.5 Å². The van der Waals surface area contributed by atoms with Gasteiger partial charge in [0.2, 0.25) is 5.88 Å². The van der Waals surface area contributed by atoms with Crippen molar-refractivity contribution in [3.63, 3.8) is 0 Å². The van der Waals surface area contributed by atoms with Crippen molar-refractivity contribution < 1.29 is 9.47 Å². The van der Waals surface area contributed by atoms with Gasteiger partial charge in [0.05, 0.1) is 30.4 Å². The van der Waals surface area contributed by atoms with Gasteiger partial charge in [-0.2, -0.15) is 5.26 Å². The van der Waals surface area contributed by atoms with Crippen LogP contribution in [0.4, 0.5) is 5.69 Å². The molecule has 4 rings (SSSR count). The van der Waals surface area contributed by atoms with Gasteiger partial charge in [-0.15, -0.1) is 11.3 Å². The van der Waals surface area contributed by atoms with Crippen molar-refractivity contribution in [2.75, 3.05) is 37.8 Å². The fraction of sp³-hybridized carbons (Fsp3) is 0.273. The zero-order valence-electron chi connectivity index (χ0n) is 15.7. The molecule has 28 heavy (non-hydrogen) atoms. The molecule has 1 fully saturated rings. The Morgan fingerprint density at radius 3 is 2.64 bits per heavy atom. The lowest BCUT2D eigenvalue weighted by atomic mass is 9.99. The molecule has 3 heterocycles. The second kappa shape index (κ2) is 8.42. The van der Waals surface area contributed by atoms with Crippen LogP contribution in [0, 0.1) is 11.3 Å². The van der Waals surface area contributed by atoms with Crippen molar-refractivity contribution in [1.29, 1.82) is 5.26 Å². The molecule has 1 aliphatic heterocycles. The normalized spacial score (nSPS) is 13.9. The minimum atomic E-state index is 0.392. The summed E-state index contributed by atoms with van der Waals surface area (Å²) in [5, 5.41) is 11.8. The highest BCUT2D eigenvalue weighted by atomic mass is 32.1. The van der Waals surface area contributed by atoms with Gasteiger partial charge in [0.1, 0.15) is 11.6 Å². The molecular weight excluding hydrogens is 370 g/mol. The third kappa shape index (κ3) is 3.72. The van der Waals surface area contributed by atoms with E-state index in [0.29, 0.717) is 18.1 Å². The smallest absolute Gasteiger partial charge is 0.232 e. The molecule has 0 atom stereocenters. The highest BCUT2D eigenvalue weighted by Crippen LogP contribution is 2.35. The van der Waals surface area contributed by atoms with Crippen LogP contribution < -0.4 is 9.64 Å². The number of nitriles is 1. The average Bonchev–Trinajstić information content (AvgIpc) is 3.29. The Hall–Kier alpha value is -2.88. The van der Waals surface area contributed by atoms with E-state index >= 15 is 0 Å². The molecule has 0 unspecified atom stereocenters. The van der Waals surface area contributed by atoms with Gasteiger partial charge >= 0.3 is 0 Å². The van der Waals surface area contributed by atoms with Crippen molar-refractivity contribution >= 4 is 17.0 Å². The fourth-order valence-corrected chi connectivity index (χ4v) is 4.01. The van der Waals surface area contributed by atoms with Crippen LogP contribution in [0.25, 0.3) is 21.7 Å². The summed E-state index contributed by atoms with van der Waals surface area (Å²) >= 11 is 1.62. The third-order valence-electron chi connectivity index (χ3n) is 4.71. The number of aromatic nitrogens is 1. The van der Waals surface area contributed by atoms with Gasteiger partial charge in [-0.25, -0.2) is 4.98 Å². The Morgan fingerprint density at radius 2 is 2.00 bits per heavy atom. The SMILES string of the molecule is CCOc1nc(-c2cccs2)cc(-c2ccc(N3CCOCC3)cc2)c1C#N. The number of morpholine rings is 1. The predicted octanol–water partition coefficient (Wildman–Crippen LogP) is 4.58. The first-order chi connectivity index (χ1) is 13.8. The molecule has 3 aromatic rings. The minimum absolute atomic E-state index is 0.392. The molecule has 6 heteroatoms. The molecule has 0 spiro atoms. The van der Waals surface area contributed by atoms with Crippen LogP contribution in [-0.2, 0) is 4.74 Å². The second-order valence-electron chi connectivity index (χ2n) is 6.40. The number of rotatable bonds is 5. The Bertz CT molecular complexity index is 972. The lowest BCUT2D eigenvalue weighted by Gasteiger charge is -2.29. The summed E-state index contributed by atoms with van der Waals surface area (Å²) in [6.07, 6.45) is 0. The number of nitrogens with zero attached hydrogens (tertiary/aromatic N) is 3. The van der Waals surface area contributed by atoms with Gasteiger partial charge in [0.15, 0.2) is 0 Å². The van der Waals surface area contributed by atoms with Crippen molar-refractivity contribution in [3.8, 4) is 33.6 Å². The number of hydrogen-bond acceptors (Lipinski definition) is 6. The highest BCUT2D eigenvalue weighted by molar-refractivity contribution is 7.13. The molecule has 0 saturated carbocycles. The summed E-state index contributed by atoms with van der Waals surface area (Å²) in [6, 6.07) is 16.6. The van der Waals surface area contributed by atoms with Crippen LogP contribution >= 0.6 is 11.3 Å². The zero-order valence-corrected chi connectivity index (χ0v) is 16.5. The van der Waals surface area contributed by atoms with Crippen LogP contribution in [0.3, 0.4) is 0 Å². The van der Waals surface area contributed by atoms with Crippen LogP contribution in [0.2, 0.25) is 0 Å². The van der Waals surface area contributed by atoms with Crippen LogP contribution in [-0.4, -0.2) is 37.9 Å². The Balaban J connectivity index is 1.76. The predicted molar refractivity (Wildman–Crippen MR) is 112 cm³/mol. The van der Waals surface area contributed by atoms with E-state index in [1.54, 1.807) is 11.3 Å². The van der Waals surface area contributed by atoms with Gasteiger partial charge in [-0.05, 0) is 42.1 Å². The summed E-state index contributed by atoms with van der Waals surface area (Å²) in [7, 11) is 0. The number of thiophene rings is 1. The number of ether oxygens (including phenoxy) is 2. The first-order valence-electron chi connectivity index (χ1n) is 9.35. The van der Waals surface area contributed by atoms with E-state index in [0.717, 1.165) is 48.0 Å². The van der Waals surface area contributed by atoms with E-state index in [4.69, 9.17) is 9.47 Å². The second-order valence-corrected chi connectivity index (χ2v) is 7.35. The first-order valence-corrected chi connectivity index (χ1v) is 10.2. The van der Waals surface area contributed by atoms with E-state index in [9.17, 15) is 5.26 Å². The molecule has 0 amide bonds. The third-order valence-corrected chi connectivity index (χ3v) is 5.60. The first kappa shape index (κ1) is 18.5. The molecule has 2 aromatic heterocycles. The summed E-state index contributed by atoms with van der Waals surface area (Å²) in [5.74, 6) is 0.392. The van der Waals surface area contributed by atoms with Gasteiger partial charge in [-0.3, -0.25) is 0 Å². The van der Waals surface area contributed by atoms with Crippen LogP contribution in [0.5, 0.6) is 5.88 Å². The van der Waals surface area contributed by atoms with Crippen molar-refractivity contribution in [1.82, 2.24) is 4.98 Å². The number of benzene rings is 1. The molecule has 1 aromatic carbocycles. The Morgan fingerprint density at radius 1 is 1.21 bits per heavy atom. The van der Waals surface area contributed by atoms with Crippen LogP contribution in [0.15, 0.2) is 47.8 Å². The van der Waals surface area contributed by atoms with Crippen LogP contribution in [0.1, 0.15) is 12.5 Å². The molecule has 0 aliphatic carbocycles. The number of hydrogen-bond donors (Lipinski definition) is 0. The molecular formula is C22H21N3O2S. The standard InChI is InChI=1S/C22H21N3O2S/c1-2-27-22-19(15-23)18(14-20(24-22)21-4-3-13-28-21)16-5-7-17(8-6-16)25-9-11-26-12-10-25/h3-8,13-14H,2,9-12H2,1H3. The van der Waals surface area contributed by atoms with Gasteiger partial charge in [0.25, 0.3) is 0 Å². The fourth-order valence-electron chi connectivity index (χ4n) is 3.32. The van der Waals surface area contributed by atoms with E-state index in [2.05, 4.69) is 40.2 Å². The summed E-state index contributed by atoms with van der Waals surface area (Å²) in [6.45, 7) is 5.67. The Labute approximate surface area is 168 Å². The highest BCUT2D eigenvalue weighted by Gasteiger charge is 2.17. The molecule has 1 saturated heterocycles. The van der Waals surface area contributed by atoms with Crippen molar-refractivity contribution in [2.45, 2.75) is 6.92 Å². The Kier molecular flexibility index (Phi) is 5.56. The molecule has 1 aliphatic rings. The maximum Gasteiger partial charge on any atom is 0.232 e. The van der Waals surface area contributed by atoms with E-state index < -0.39 is 0 Å². The molecule has 0 N–H and O–H groups in total. The minimum Gasteiger partial charge on any atom is -0.477 e. The number of pyridine rings is 1. The molecule has 142 valence electrons. The lowest BCUT2D eigenvalue weighted by molar-refractivity contribution is 0.122. The zero-order chi connectivity index (χ0) is 19.3. The van der Waals surface area contributed by atoms with Gasteiger partial charge in [-0.1, -0.05) is 18.2 Å². The summed E-state index contributed by atoms with van der Waals surface area (Å²) in [5.41, 5.74) is 4.29. The molecule has 0 radical (unpaired) electrons. The lowest BCUT2D eigenvalue weighted by Crippen LogP contribution is -2.36. The topological polar surface area (TPSA) is 58.4 Å². The summed E-state index contributed by atoms with van der Waals surface area (Å²) in [4.78, 5) is 7.96. The maximum atomic E-state index is 9.78. The summed E-state index contributed by atoms with van der Waals surface area (Å²) < 4.78 is 11.1. The largest absolute Gasteiger partial charge is 0.477 e. The van der Waals surface area contributed by atoms with Crippen molar-refractivity contribution in [3.05, 3.63) is 53.4 Å².